The van der Waals surface area contributed by atoms with E-state index in [2.05, 4.69) is 22.4 Å². The number of aromatic nitrogens is 2. The molecule has 0 aliphatic carbocycles. The largest absolute Gasteiger partial charge is 0.370 e. The van der Waals surface area contributed by atoms with Crippen molar-refractivity contribution in [2.45, 2.75) is 44.8 Å². The summed E-state index contributed by atoms with van der Waals surface area (Å²) in [6.45, 7) is 2.95. The first kappa shape index (κ1) is 11.5. The molecule has 0 aromatic carbocycles. The van der Waals surface area contributed by atoms with Gasteiger partial charge < -0.3 is 14.6 Å². The lowest BCUT2D eigenvalue weighted by atomic mass is 10.2. The second-order valence-electron chi connectivity index (χ2n) is 4.28. The molecule has 1 fully saturated rings. The predicted molar refractivity (Wildman–Crippen MR) is 59.1 cm³/mol. The molecule has 16 heavy (non-hydrogen) atoms. The van der Waals surface area contributed by atoms with Crippen molar-refractivity contribution in [2.24, 2.45) is 0 Å². The molecule has 5 heteroatoms. The van der Waals surface area contributed by atoms with Gasteiger partial charge >= 0.3 is 0 Å². The van der Waals surface area contributed by atoms with E-state index in [-0.39, 0.29) is 6.10 Å². The molecule has 1 aromatic heterocycles. The van der Waals surface area contributed by atoms with E-state index in [0.29, 0.717) is 17.8 Å². The Labute approximate surface area is 95.6 Å². The van der Waals surface area contributed by atoms with Crippen molar-refractivity contribution in [2.75, 3.05) is 13.7 Å². The van der Waals surface area contributed by atoms with Crippen molar-refractivity contribution in [3.8, 4) is 0 Å². The molecule has 0 saturated carbocycles. The molecule has 5 nitrogen and oxygen atoms in total. The van der Waals surface area contributed by atoms with E-state index in [1.807, 2.05) is 7.05 Å². The van der Waals surface area contributed by atoms with Gasteiger partial charge in [0, 0.05) is 19.1 Å². The molecule has 2 unspecified atom stereocenters. The van der Waals surface area contributed by atoms with Crippen LogP contribution >= 0.6 is 0 Å². The molecule has 2 heterocycles. The predicted octanol–water partition coefficient (Wildman–Crippen LogP) is 1.46. The average Bonchev–Trinajstić information content (AvgIpc) is 2.95. The van der Waals surface area contributed by atoms with Crippen molar-refractivity contribution in [1.82, 2.24) is 15.5 Å². The third-order valence-corrected chi connectivity index (χ3v) is 2.99. The van der Waals surface area contributed by atoms with Crippen LogP contribution in [0.1, 0.15) is 44.0 Å². The molecule has 0 amide bonds. The minimum absolute atomic E-state index is 0.0548. The van der Waals surface area contributed by atoms with E-state index in [9.17, 15) is 0 Å². The van der Waals surface area contributed by atoms with Crippen LogP contribution in [-0.4, -0.2) is 29.8 Å². The summed E-state index contributed by atoms with van der Waals surface area (Å²) in [6, 6.07) is 0.470. The standard InChI is InChI=1S/C11H19N3O2/c1-8(12-2)5-6-10-13-11(14-16-10)9-4-3-7-15-9/h8-9,12H,3-7H2,1-2H3. The Hall–Kier alpha value is -0.940. The highest BCUT2D eigenvalue weighted by atomic mass is 16.5. The van der Waals surface area contributed by atoms with Gasteiger partial charge in [0.05, 0.1) is 0 Å². The van der Waals surface area contributed by atoms with Crippen LogP contribution in [0.25, 0.3) is 0 Å². The van der Waals surface area contributed by atoms with Gasteiger partial charge in [-0.25, -0.2) is 0 Å². The molecule has 1 N–H and O–H groups in total. The normalized spacial score (nSPS) is 22.5. The smallest absolute Gasteiger partial charge is 0.226 e. The molecule has 1 aliphatic rings. The summed E-state index contributed by atoms with van der Waals surface area (Å²) in [5.41, 5.74) is 0. The molecular formula is C11H19N3O2. The van der Waals surface area contributed by atoms with Gasteiger partial charge in [0.25, 0.3) is 0 Å². The third kappa shape index (κ3) is 2.80. The maximum Gasteiger partial charge on any atom is 0.226 e. The van der Waals surface area contributed by atoms with Gasteiger partial charge in [-0.3, -0.25) is 0 Å². The number of ether oxygens (including phenoxy) is 1. The van der Waals surface area contributed by atoms with Crippen LogP contribution in [0.3, 0.4) is 0 Å². The minimum atomic E-state index is 0.0548. The van der Waals surface area contributed by atoms with E-state index in [1.165, 1.54) is 0 Å². The molecule has 0 radical (unpaired) electrons. The van der Waals surface area contributed by atoms with Crippen molar-refractivity contribution in [3.63, 3.8) is 0 Å². The number of hydrogen-bond acceptors (Lipinski definition) is 5. The maximum absolute atomic E-state index is 5.50. The van der Waals surface area contributed by atoms with E-state index in [0.717, 1.165) is 32.3 Å². The topological polar surface area (TPSA) is 60.2 Å². The van der Waals surface area contributed by atoms with Gasteiger partial charge in [0.2, 0.25) is 11.7 Å². The second kappa shape index (κ2) is 5.41. The number of nitrogens with one attached hydrogen (secondary N) is 1. The quantitative estimate of drug-likeness (QED) is 0.822. The van der Waals surface area contributed by atoms with Gasteiger partial charge in [-0.15, -0.1) is 0 Å². The van der Waals surface area contributed by atoms with Crippen molar-refractivity contribution in [3.05, 3.63) is 11.7 Å². The Balaban J connectivity index is 1.86. The Bertz CT molecular complexity index is 321. The van der Waals surface area contributed by atoms with E-state index < -0.39 is 0 Å². The lowest BCUT2D eigenvalue weighted by Crippen LogP contribution is -2.21. The molecule has 1 aromatic rings. The zero-order valence-electron chi connectivity index (χ0n) is 9.90. The highest BCUT2D eigenvalue weighted by molar-refractivity contribution is 4.93. The fourth-order valence-corrected chi connectivity index (χ4v) is 1.77. The summed E-state index contributed by atoms with van der Waals surface area (Å²) in [6.07, 6.45) is 3.97. The summed E-state index contributed by atoms with van der Waals surface area (Å²) in [5, 5.41) is 7.15. The van der Waals surface area contributed by atoms with E-state index in [1.54, 1.807) is 0 Å². The Kier molecular flexibility index (Phi) is 3.90. The summed E-state index contributed by atoms with van der Waals surface area (Å²) < 4.78 is 10.7. The Morgan fingerprint density at radius 2 is 2.44 bits per heavy atom. The summed E-state index contributed by atoms with van der Waals surface area (Å²) >= 11 is 0. The van der Waals surface area contributed by atoms with E-state index in [4.69, 9.17) is 9.26 Å². The van der Waals surface area contributed by atoms with Crippen molar-refractivity contribution >= 4 is 0 Å². The maximum atomic E-state index is 5.50. The molecule has 2 atom stereocenters. The molecule has 90 valence electrons. The number of aryl methyl sites for hydroxylation is 1. The average molecular weight is 225 g/mol. The molecule has 0 spiro atoms. The van der Waals surface area contributed by atoms with Gasteiger partial charge in [-0.05, 0) is 33.2 Å². The van der Waals surface area contributed by atoms with Crippen LogP contribution in [0.5, 0.6) is 0 Å². The molecule has 1 aliphatic heterocycles. The summed E-state index contributed by atoms with van der Waals surface area (Å²) in [7, 11) is 1.95. The van der Waals surface area contributed by atoms with Crippen LogP contribution in [0, 0.1) is 0 Å². The first-order valence-corrected chi connectivity index (χ1v) is 5.91. The summed E-state index contributed by atoms with van der Waals surface area (Å²) in [4.78, 5) is 4.37. The van der Waals surface area contributed by atoms with Crippen molar-refractivity contribution < 1.29 is 9.26 Å². The van der Waals surface area contributed by atoms with Gasteiger partial charge in [-0.1, -0.05) is 5.16 Å². The van der Waals surface area contributed by atoms with Gasteiger partial charge in [-0.2, -0.15) is 4.98 Å². The number of nitrogens with zero attached hydrogens (tertiary/aromatic N) is 2. The lowest BCUT2D eigenvalue weighted by molar-refractivity contribution is 0.103. The SMILES string of the molecule is CNC(C)CCc1nc(C2CCCO2)no1. The summed E-state index contributed by atoms with van der Waals surface area (Å²) in [5.74, 6) is 1.43. The fraction of sp³-hybridized carbons (Fsp3) is 0.818. The monoisotopic (exact) mass is 225 g/mol. The van der Waals surface area contributed by atoms with Gasteiger partial charge in [0.15, 0.2) is 0 Å². The molecule has 0 bridgehead atoms. The molecule has 1 saturated heterocycles. The van der Waals surface area contributed by atoms with Crippen molar-refractivity contribution in [1.29, 1.82) is 0 Å². The fourth-order valence-electron chi connectivity index (χ4n) is 1.77. The molecular weight excluding hydrogens is 206 g/mol. The Morgan fingerprint density at radius 3 is 3.12 bits per heavy atom. The highest BCUT2D eigenvalue weighted by Gasteiger charge is 2.23. The second-order valence-corrected chi connectivity index (χ2v) is 4.28. The van der Waals surface area contributed by atoms with Crippen LogP contribution < -0.4 is 5.32 Å². The van der Waals surface area contributed by atoms with Crippen LogP contribution in [0.2, 0.25) is 0 Å². The highest BCUT2D eigenvalue weighted by Crippen LogP contribution is 2.26. The van der Waals surface area contributed by atoms with Crippen LogP contribution in [0.4, 0.5) is 0 Å². The van der Waals surface area contributed by atoms with Crippen LogP contribution in [-0.2, 0) is 11.2 Å². The number of hydrogen-bond donors (Lipinski definition) is 1. The lowest BCUT2D eigenvalue weighted by Gasteiger charge is -2.06. The number of rotatable bonds is 5. The Morgan fingerprint density at radius 1 is 1.56 bits per heavy atom. The van der Waals surface area contributed by atoms with Gasteiger partial charge in [0.1, 0.15) is 6.10 Å². The first-order valence-electron chi connectivity index (χ1n) is 5.91. The molecule has 2 rings (SSSR count). The van der Waals surface area contributed by atoms with Crippen LogP contribution in [0.15, 0.2) is 4.52 Å². The zero-order chi connectivity index (χ0) is 11.4. The van der Waals surface area contributed by atoms with E-state index >= 15 is 0 Å². The first-order chi connectivity index (χ1) is 7.79. The minimum Gasteiger partial charge on any atom is -0.370 e. The zero-order valence-corrected chi connectivity index (χ0v) is 9.90. The third-order valence-electron chi connectivity index (χ3n) is 2.99.